The molecule has 0 radical (unpaired) electrons. The van der Waals surface area contributed by atoms with Crippen molar-refractivity contribution in [2.24, 2.45) is 0 Å². The smallest absolute Gasteiger partial charge is 0.253 e. The van der Waals surface area contributed by atoms with E-state index in [4.69, 9.17) is 16.3 Å². The van der Waals surface area contributed by atoms with Crippen molar-refractivity contribution in [1.82, 2.24) is 9.21 Å². The first-order chi connectivity index (χ1) is 13.4. The molecule has 3 rings (SSSR count). The molecule has 1 aliphatic heterocycles. The summed E-state index contributed by atoms with van der Waals surface area (Å²) in [5.74, 6) is 0.296. The molecule has 1 heterocycles. The SMILES string of the molecule is CN(CCOc1ccccc1Cl)C(=O)c1cccc(S(=O)(=O)N2CCCC2)c1. The molecule has 150 valence electrons. The average Bonchev–Trinajstić information content (AvgIpc) is 3.24. The minimum absolute atomic E-state index is 0.154. The van der Waals surface area contributed by atoms with Crippen LogP contribution < -0.4 is 4.74 Å². The fourth-order valence-electron chi connectivity index (χ4n) is 3.04. The number of para-hydroxylation sites is 1. The lowest BCUT2D eigenvalue weighted by Gasteiger charge is -2.19. The van der Waals surface area contributed by atoms with Crippen molar-refractivity contribution in [3.8, 4) is 5.75 Å². The zero-order valence-electron chi connectivity index (χ0n) is 15.7. The molecule has 0 aliphatic carbocycles. The quantitative estimate of drug-likeness (QED) is 0.686. The highest BCUT2D eigenvalue weighted by atomic mass is 35.5. The summed E-state index contributed by atoms with van der Waals surface area (Å²) in [6.45, 7) is 1.67. The first-order valence-electron chi connectivity index (χ1n) is 9.12. The second kappa shape index (κ2) is 8.94. The number of sulfonamides is 1. The third kappa shape index (κ3) is 4.66. The molecule has 2 aromatic rings. The zero-order chi connectivity index (χ0) is 20.1. The third-order valence-corrected chi connectivity index (χ3v) is 6.86. The number of benzene rings is 2. The number of amides is 1. The number of nitrogens with zero attached hydrogens (tertiary/aromatic N) is 2. The number of carbonyl (C=O) groups is 1. The minimum atomic E-state index is -3.55. The molecule has 28 heavy (non-hydrogen) atoms. The van der Waals surface area contributed by atoms with Gasteiger partial charge < -0.3 is 9.64 Å². The van der Waals surface area contributed by atoms with E-state index in [-0.39, 0.29) is 17.4 Å². The summed E-state index contributed by atoms with van der Waals surface area (Å²) in [6.07, 6.45) is 1.73. The van der Waals surface area contributed by atoms with Crippen LogP contribution in [0.1, 0.15) is 23.2 Å². The van der Waals surface area contributed by atoms with Gasteiger partial charge in [0.1, 0.15) is 12.4 Å². The molecular weight excluding hydrogens is 400 g/mol. The summed E-state index contributed by atoms with van der Waals surface area (Å²) < 4.78 is 32.5. The highest BCUT2D eigenvalue weighted by Crippen LogP contribution is 2.23. The van der Waals surface area contributed by atoms with Crippen LogP contribution in [0, 0.1) is 0 Å². The average molecular weight is 423 g/mol. The Morgan fingerprint density at radius 3 is 2.57 bits per heavy atom. The van der Waals surface area contributed by atoms with Gasteiger partial charge in [0.2, 0.25) is 10.0 Å². The van der Waals surface area contributed by atoms with Gasteiger partial charge in [-0.1, -0.05) is 29.8 Å². The maximum absolute atomic E-state index is 12.7. The molecular formula is C20H23ClN2O4S. The molecule has 1 aliphatic rings. The summed E-state index contributed by atoms with van der Waals surface area (Å²) >= 11 is 6.05. The summed E-state index contributed by atoms with van der Waals surface area (Å²) in [7, 11) is -1.90. The Morgan fingerprint density at radius 2 is 1.86 bits per heavy atom. The fourth-order valence-corrected chi connectivity index (χ4v) is 4.80. The van der Waals surface area contributed by atoms with E-state index in [1.807, 2.05) is 12.1 Å². The molecule has 6 nitrogen and oxygen atoms in total. The molecule has 0 atom stereocenters. The number of likely N-dealkylation sites (N-methyl/N-ethyl adjacent to an activating group) is 1. The molecule has 8 heteroatoms. The van der Waals surface area contributed by atoms with E-state index >= 15 is 0 Å². The van der Waals surface area contributed by atoms with Crippen LogP contribution >= 0.6 is 11.6 Å². The van der Waals surface area contributed by atoms with E-state index in [1.165, 1.54) is 21.3 Å². The van der Waals surface area contributed by atoms with Crippen LogP contribution in [0.2, 0.25) is 5.02 Å². The lowest BCUT2D eigenvalue weighted by molar-refractivity contribution is 0.0773. The van der Waals surface area contributed by atoms with Crippen LogP contribution in [0.15, 0.2) is 53.4 Å². The number of carbonyl (C=O) groups excluding carboxylic acids is 1. The molecule has 0 spiro atoms. The van der Waals surface area contributed by atoms with Crippen molar-refractivity contribution < 1.29 is 17.9 Å². The van der Waals surface area contributed by atoms with Crippen molar-refractivity contribution in [2.45, 2.75) is 17.7 Å². The van der Waals surface area contributed by atoms with Gasteiger partial charge in [-0.25, -0.2) is 8.42 Å². The largest absolute Gasteiger partial charge is 0.490 e. The maximum atomic E-state index is 12.7. The summed E-state index contributed by atoms with van der Waals surface area (Å²) in [5, 5.41) is 0.510. The van der Waals surface area contributed by atoms with Gasteiger partial charge in [0.25, 0.3) is 5.91 Å². The zero-order valence-corrected chi connectivity index (χ0v) is 17.2. The van der Waals surface area contributed by atoms with E-state index in [0.717, 1.165) is 12.8 Å². The topological polar surface area (TPSA) is 66.9 Å². The van der Waals surface area contributed by atoms with Crippen LogP contribution in [-0.2, 0) is 10.0 Å². The molecule has 0 N–H and O–H groups in total. The monoisotopic (exact) mass is 422 g/mol. The van der Waals surface area contributed by atoms with E-state index in [1.54, 1.807) is 31.3 Å². The highest BCUT2D eigenvalue weighted by molar-refractivity contribution is 7.89. The Balaban J connectivity index is 1.64. The Hall–Kier alpha value is -2.09. The van der Waals surface area contributed by atoms with E-state index in [9.17, 15) is 13.2 Å². The maximum Gasteiger partial charge on any atom is 0.253 e. The van der Waals surface area contributed by atoms with Crippen LogP contribution in [0.5, 0.6) is 5.75 Å². The third-order valence-electron chi connectivity index (χ3n) is 4.65. The van der Waals surface area contributed by atoms with Crippen molar-refractivity contribution >= 4 is 27.5 Å². The van der Waals surface area contributed by atoms with E-state index in [2.05, 4.69) is 0 Å². The van der Waals surface area contributed by atoms with Gasteiger partial charge in [-0.05, 0) is 43.2 Å². The van der Waals surface area contributed by atoms with Crippen molar-refractivity contribution in [2.75, 3.05) is 33.3 Å². The van der Waals surface area contributed by atoms with Crippen molar-refractivity contribution in [3.63, 3.8) is 0 Å². The van der Waals surface area contributed by atoms with Crippen molar-refractivity contribution in [3.05, 3.63) is 59.1 Å². The Labute approximate surface area is 170 Å². The second-order valence-electron chi connectivity index (χ2n) is 6.64. The minimum Gasteiger partial charge on any atom is -0.490 e. The molecule has 2 aromatic carbocycles. The first-order valence-corrected chi connectivity index (χ1v) is 10.9. The lowest BCUT2D eigenvalue weighted by Crippen LogP contribution is -2.31. The van der Waals surface area contributed by atoms with Gasteiger partial charge >= 0.3 is 0 Å². The van der Waals surface area contributed by atoms with Gasteiger partial charge in [0, 0.05) is 25.7 Å². The van der Waals surface area contributed by atoms with Crippen LogP contribution in [0.25, 0.3) is 0 Å². The summed E-state index contributed by atoms with van der Waals surface area (Å²) in [5.41, 5.74) is 0.334. The van der Waals surface area contributed by atoms with Crippen LogP contribution in [0.4, 0.5) is 0 Å². The summed E-state index contributed by atoms with van der Waals surface area (Å²) in [4.78, 5) is 14.3. The number of hydrogen-bond acceptors (Lipinski definition) is 4. The van der Waals surface area contributed by atoms with Gasteiger partial charge in [-0.2, -0.15) is 4.31 Å². The van der Waals surface area contributed by atoms with Crippen LogP contribution in [0.3, 0.4) is 0 Å². The molecule has 0 saturated carbocycles. The number of hydrogen-bond donors (Lipinski definition) is 0. The lowest BCUT2D eigenvalue weighted by atomic mass is 10.2. The normalized spacial score (nSPS) is 14.8. The second-order valence-corrected chi connectivity index (χ2v) is 8.99. The highest BCUT2D eigenvalue weighted by Gasteiger charge is 2.27. The van der Waals surface area contributed by atoms with E-state index < -0.39 is 10.0 Å². The Kier molecular flexibility index (Phi) is 6.59. The number of ether oxygens (including phenoxy) is 1. The molecule has 1 fully saturated rings. The van der Waals surface area contributed by atoms with Gasteiger partial charge in [-0.15, -0.1) is 0 Å². The predicted octanol–water partition coefficient (Wildman–Crippen LogP) is 3.28. The molecule has 1 saturated heterocycles. The van der Waals surface area contributed by atoms with Crippen LogP contribution in [-0.4, -0.2) is 56.8 Å². The van der Waals surface area contributed by atoms with Gasteiger partial charge in [0.05, 0.1) is 16.5 Å². The van der Waals surface area contributed by atoms with Crippen molar-refractivity contribution in [1.29, 1.82) is 0 Å². The fraction of sp³-hybridized carbons (Fsp3) is 0.350. The predicted molar refractivity (Wildman–Crippen MR) is 108 cm³/mol. The molecule has 0 unspecified atom stereocenters. The molecule has 1 amide bonds. The molecule has 0 aromatic heterocycles. The Bertz CT molecular complexity index is 943. The number of rotatable bonds is 7. The van der Waals surface area contributed by atoms with Gasteiger partial charge in [-0.3, -0.25) is 4.79 Å². The Morgan fingerprint density at radius 1 is 1.14 bits per heavy atom. The number of halogens is 1. The van der Waals surface area contributed by atoms with Gasteiger partial charge in [0.15, 0.2) is 0 Å². The molecule has 0 bridgehead atoms. The van der Waals surface area contributed by atoms with E-state index in [0.29, 0.717) is 36.0 Å². The standard InChI is InChI=1S/C20H23ClN2O4S/c1-22(13-14-27-19-10-3-2-9-18(19)21)20(24)16-7-6-8-17(15-16)28(25,26)23-11-4-5-12-23/h2-3,6-10,15H,4-5,11-14H2,1H3. The summed E-state index contributed by atoms with van der Waals surface area (Å²) in [6, 6.07) is 13.3. The first kappa shape index (κ1) is 20.6.